The minimum Gasteiger partial charge on any atom is -0.324 e. The maximum absolute atomic E-state index is 12.5. The number of carbonyl (C=O) groups excluding carboxylic acids is 1. The van der Waals surface area contributed by atoms with Crippen LogP contribution in [0.25, 0.3) is 11.8 Å². The van der Waals surface area contributed by atoms with Crippen molar-refractivity contribution in [1.82, 2.24) is 14.8 Å². The molecule has 1 atom stereocenters. The smallest absolute Gasteiger partial charge is 0.250 e. The van der Waals surface area contributed by atoms with E-state index in [1.165, 1.54) is 6.08 Å². The number of nitrogens with zero attached hydrogens (tertiary/aromatic N) is 3. The van der Waals surface area contributed by atoms with E-state index in [4.69, 9.17) is 23.2 Å². The monoisotopic (exact) mass is 487 g/mol. The zero-order valence-electron chi connectivity index (χ0n) is 17.8. The van der Waals surface area contributed by atoms with Gasteiger partial charge in [0.2, 0.25) is 5.95 Å². The summed E-state index contributed by atoms with van der Waals surface area (Å²) in [5.41, 5.74) is 3.65. The quantitative estimate of drug-likeness (QED) is 0.324. The fourth-order valence-corrected chi connectivity index (χ4v) is 3.98. The molecule has 0 saturated carbocycles. The standard InChI is InChI=1S/C26H19Cl2N5O/c27-20-13-10-19(11-14-20)23-16-22(18-7-2-1-3-8-18)29-26-31-25(32-33(23)26)30-24(34)15-12-17-6-4-5-9-21(17)28/h1-16,23H,(H2,29,30,31,32,34). The van der Waals surface area contributed by atoms with Gasteiger partial charge in [0.05, 0.1) is 0 Å². The summed E-state index contributed by atoms with van der Waals surface area (Å²) in [5.74, 6) is 0.354. The molecule has 168 valence electrons. The molecule has 34 heavy (non-hydrogen) atoms. The molecule has 1 aliphatic rings. The van der Waals surface area contributed by atoms with E-state index in [-0.39, 0.29) is 17.9 Å². The molecule has 0 aliphatic carbocycles. The van der Waals surface area contributed by atoms with Crippen molar-refractivity contribution in [3.8, 4) is 0 Å². The zero-order valence-corrected chi connectivity index (χ0v) is 19.3. The van der Waals surface area contributed by atoms with Gasteiger partial charge in [0.15, 0.2) is 0 Å². The lowest BCUT2D eigenvalue weighted by molar-refractivity contribution is -0.111. The van der Waals surface area contributed by atoms with Crippen LogP contribution in [-0.2, 0) is 4.79 Å². The molecule has 5 rings (SSSR count). The molecule has 1 unspecified atom stereocenters. The van der Waals surface area contributed by atoms with Crippen LogP contribution in [0, 0.1) is 0 Å². The number of allylic oxidation sites excluding steroid dienone is 1. The molecule has 2 N–H and O–H groups in total. The van der Waals surface area contributed by atoms with Crippen LogP contribution >= 0.6 is 23.2 Å². The number of amides is 1. The number of rotatable bonds is 5. The summed E-state index contributed by atoms with van der Waals surface area (Å²) in [4.78, 5) is 17.0. The van der Waals surface area contributed by atoms with E-state index in [2.05, 4.69) is 26.8 Å². The minimum atomic E-state index is -0.359. The summed E-state index contributed by atoms with van der Waals surface area (Å²) in [6.07, 6.45) is 5.12. The van der Waals surface area contributed by atoms with E-state index >= 15 is 0 Å². The Morgan fingerprint density at radius 1 is 0.971 bits per heavy atom. The third-order valence-electron chi connectivity index (χ3n) is 5.32. The van der Waals surface area contributed by atoms with Crippen LogP contribution in [0.2, 0.25) is 10.0 Å². The van der Waals surface area contributed by atoms with Crippen molar-refractivity contribution in [3.63, 3.8) is 0 Å². The Bertz CT molecular complexity index is 1390. The molecule has 4 aromatic rings. The molecule has 2 heterocycles. The second-order valence-electron chi connectivity index (χ2n) is 7.62. The van der Waals surface area contributed by atoms with E-state index in [1.54, 1.807) is 16.8 Å². The van der Waals surface area contributed by atoms with Crippen LogP contribution in [0.3, 0.4) is 0 Å². The SMILES string of the molecule is O=C(C=Cc1ccccc1Cl)Nc1nc2n(n1)C(c1ccc(Cl)cc1)C=C(c1ccccc1)N2. The molecule has 0 radical (unpaired) electrons. The van der Waals surface area contributed by atoms with Crippen molar-refractivity contribution >= 4 is 52.8 Å². The van der Waals surface area contributed by atoms with E-state index < -0.39 is 0 Å². The lowest BCUT2D eigenvalue weighted by atomic mass is 10.0. The normalized spacial score (nSPS) is 14.9. The third kappa shape index (κ3) is 4.73. The first kappa shape index (κ1) is 21.9. The average molecular weight is 488 g/mol. The van der Waals surface area contributed by atoms with Crippen LogP contribution in [-0.4, -0.2) is 20.7 Å². The number of hydrogen-bond donors (Lipinski definition) is 2. The van der Waals surface area contributed by atoms with Gasteiger partial charge in [0.1, 0.15) is 6.04 Å². The zero-order chi connectivity index (χ0) is 23.5. The van der Waals surface area contributed by atoms with Crippen LogP contribution < -0.4 is 10.6 Å². The van der Waals surface area contributed by atoms with Gasteiger partial charge in [-0.1, -0.05) is 83.9 Å². The van der Waals surface area contributed by atoms with Crippen molar-refractivity contribution in [1.29, 1.82) is 0 Å². The van der Waals surface area contributed by atoms with E-state index in [0.29, 0.717) is 16.0 Å². The first-order valence-electron chi connectivity index (χ1n) is 10.6. The van der Waals surface area contributed by atoms with Crippen LogP contribution in [0.4, 0.5) is 11.9 Å². The summed E-state index contributed by atoms with van der Waals surface area (Å²) in [7, 11) is 0. The summed E-state index contributed by atoms with van der Waals surface area (Å²) >= 11 is 12.2. The van der Waals surface area contributed by atoms with Crippen molar-refractivity contribution in [2.75, 3.05) is 10.6 Å². The Kier molecular flexibility index (Phi) is 6.16. The molecule has 1 amide bonds. The molecule has 0 spiro atoms. The van der Waals surface area contributed by atoms with E-state index in [1.807, 2.05) is 72.8 Å². The molecule has 0 saturated heterocycles. The molecule has 3 aromatic carbocycles. The molecule has 6 nitrogen and oxygen atoms in total. The van der Waals surface area contributed by atoms with Crippen molar-refractivity contribution in [3.05, 3.63) is 118 Å². The van der Waals surface area contributed by atoms with Gasteiger partial charge in [-0.2, -0.15) is 4.98 Å². The number of benzene rings is 3. The Morgan fingerprint density at radius 2 is 1.71 bits per heavy atom. The van der Waals surface area contributed by atoms with E-state index in [9.17, 15) is 4.79 Å². The second kappa shape index (κ2) is 9.55. The summed E-state index contributed by atoms with van der Waals surface area (Å²) in [6, 6.07) is 24.6. The number of anilines is 2. The predicted octanol–water partition coefficient (Wildman–Crippen LogP) is 6.29. The van der Waals surface area contributed by atoms with E-state index in [0.717, 1.165) is 22.4 Å². The summed E-state index contributed by atoms with van der Waals surface area (Å²) in [5, 5.41) is 11.8. The highest BCUT2D eigenvalue weighted by Crippen LogP contribution is 2.33. The van der Waals surface area contributed by atoms with Crippen molar-refractivity contribution in [2.24, 2.45) is 0 Å². The van der Waals surface area contributed by atoms with Gasteiger partial charge in [-0.15, -0.1) is 5.10 Å². The maximum atomic E-state index is 12.5. The summed E-state index contributed by atoms with van der Waals surface area (Å²) < 4.78 is 1.74. The van der Waals surface area contributed by atoms with Crippen LogP contribution in [0.5, 0.6) is 0 Å². The van der Waals surface area contributed by atoms with Gasteiger partial charge >= 0.3 is 0 Å². The number of halogens is 2. The Labute approximate surface area is 206 Å². The first-order valence-corrected chi connectivity index (χ1v) is 11.3. The minimum absolute atomic E-state index is 0.193. The highest BCUT2D eigenvalue weighted by molar-refractivity contribution is 6.32. The fraction of sp³-hybridized carbons (Fsp3) is 0.0385. The van der Waals surface area contributed by atoms with Gasteiger partial charge in [0.25, 0.3) is 11.9 Å². The average Bonchev–Trinajstić information content (AvgIpc) is 3.26. The molecule has 1 aliphatic heterocycles. The van der Waals surface area contributed by atoms with Crippen molar-refractivity contribution in [2.45, 2.75) is 6.04 Å². The molecule has 1 aromatic heterocycles. The fourth-order valence-electron chi connectivity index (χ4n) is 3.66. The number of nitrogens with one attached hydrogen (secondary N) is 2. The number of carbonyl (C=O) groups is 1. The molecular formula is C26H19Cl2N5O. The Hall–Kier alpha value is -3.87. The van der Waals surface area contributed by atoms with Gasteiger partial charge in [0, 0.05) is 21.8 Å². The Balaban J connectivity index is 1.43. The molecule has 0 fully saturated rings. The second-order valence-corrected chi connectivity index (χ2v) is 8.46. The molecular weight excluding hydrogens is 469 g/mol. The first-order chi connectivity index (χ1) is 16.6. The summed E-state index contributed by atoms with van der Waals surface area (Å²) in [6.45, 7) is 0. The number of hydrogen-bond acceptors (Lipinski definition) is 4. The van der Waals surface area contributed by atoms with Gasteiger partial charge in [-0.25, -0.2) is 4.68 Å². The topological polar surface area (TPSA) is 71.8 Å². The van der Waals surface area contributed by atoms with Crippen LogP contribution in [0.1, 0.15) is 22.7 Å². The van der Waals surface area contributed by atoms with Crippen molar-refractivity contribution < 1.29 is 4.79 Å². The highest BCUT2D eigenvalue weighted by Gasteiger charge is 2.25. The number of aromatic nitrogens is 3. The largest absolute Gasteiger partial charge is 0.324 e. The van der Waals surface area contributed by atoms with Gasteiger partial charge < -0.3 is 5.32 Å². The highest BCUT2D eigenvalue weighted by atomic mass is 35.5. The molecule has 0 bridgehead atoms. The lowest BCUT2D eigenvalue weighted by Gasteiger charge is -2.24. The van der Waals surface area contributed by atoms with Crippen LogP contribution in [0.15, 0.2) is 91.0 Å². The lowest BCUT2D eigenvalue weighted by Crippen LogP contribution is -2.20. The predicted molar refractivity (Wildman–Crippen MR) is 137 cm³/mol. The molecule has 8 heteroatoms. The maximum Gasteiger partial charge on any atom is 0.250 e. The number of fused-ring (bicyclic) bond motifs is 1. The van der Waals surface area contributed by atoms with Gasteiger partial charge in [-0.05, 0) is 47.0 Å². The van der Waals surface area contributed by atoms with Gasteiger partial charge in [-0.3, -0.25) is 10.1 Å². The Morgan fingerprint density at radius 3 is 2.47 bits per heavy atom. The third-order valence-corrected chi connectivity index (χ3v) is 5.91.